The van der Waals surface area contributed by atoms with Gasteiger partial charge in [0.15, 0.2) is 0 Å². The van der Waals surface area contributed by atoms with Crippen molar-refractivity contribution in [3.63, 3.8) is 0 Å². The van der Waals surface area contributed by atoms with E-state index in [1.165, 1.54) is 12.4 Å². The third kappa shape index (κ3) is 2.92. The van der Waals surface area contributed by atoms with Crippen molar-refractivity contribution in [3.8, 4) is 5.75 Å². The fraction of sp³-hybridized carbons (Fsp3) is 0.158. The molecule has 1 N–H and O–H groups in total. The fourth-order valence-electron chi connectivity index (χ4n) is 3.12. The number of fused-ring (bicyclic) bond motifs is 1. The smallest absolute Gasteiger partial charge is 0.387 e. The Morgan fingerprint density at radius 2 is 1.88 bits per heavy atom. The maximum atomic E-state index is 12.8. The monoisotopic (exact) mass is 354 g/mol. The van der Waals surface area contributed by atoms with Crippen LogP contribution in [0.15, 0.2) is 60.9 Å². The summed E-state index contributed by atoms with van der Waals surface area (Å²) in [5.41, 5.74) is 3.36. The van der Waals surface area contributed by atoms with Crippen LogP contribution in [0.2, 0.25) is 0 Å². The van der Waals surface area contributed by atoms with E-state index in [0.717, 1.165) is 11.1 Å². The lowest BCUT2D eigenvalue weighted by Crippen LogP contribution is -2.21. The SMILES string of the molecule is Cc1ccccc1C1C=C(c2ccccc2OC(F)F)Nc2ncnn21. The van der Waals surface area contributed by atoms with Gasteiger partial charge in [0, 0.05) is 5.56 Å². The van der Waals surface area contributed by atoms with Crippen LogP contribution in [0.3, 0.4) is 0 Å². The minimum Gasteiger partial charge on any atom is -0.434 e. The fourth-order valence-corrected chi connectivity index (χ4v) is 3.12. The van der Waals surface area contributed by atoms with E-state index in [1.807, 2.05) is 37.3 Å². The van der Waals surface area contributed by atoms with Crippen molar-refractivity contribution < 1.29 is 13.5 Å². The Labute approximate surface area is 148 Å². The molecule has 0 saturated heterocycles. The van der Waals surface area contributed by atoms with Crippen molar-refractivity contribution in [2.75, 3.05) is 5.32 Å². The summed E-state index contributed by atoms with van der Waals surface area (Å²) in [6, 6.07) is 14.5. The van der Waals surface area contributed by atoms with Crippen molar-refractivity contribution in [2.24, 2.45) is 0 Å². The van der Waals surface area contributed by atoms with E-state index in [9.17, 15) is 8.78 Å². The predicted octanol–water partition coefficient (Wildman–Crippen LogP) is 4.24. The lowest BCUT2D eigenvalue weighted by Gasteiger charge is -2.26. The molecule has 0 aliphatic carbocycles. The highest BCUT2D eigenvalue weighted by atomic mass is 19.3. The summed E-state index contributed by atoms with van der Waals surface area (Å²) < 4.78 is 32.0. The highest BCUT2D eigenvalue weighted by molar-refractivity contribution is 5.80. The Balaban J connectivity index is 1.82. The van der Waals surface area contributed by atoms with Gasteiger partial charge in [-0.2, -0.15) is 18.9 Å². The number of benzene rings is 2. The first kappa shape index (κ1) is 16.3. The first-order valence-corrected chi connectivity index (χ1v) is 8.11. The molecule has 26 heavy (non-hydrogen) atoms. The predicted molar refractivity (Wildman–Crippen MR) is 94.0 cm³/mol. The topological polar surface area (TPSA) is 52.0 Å². The molecule has 1 aliphatic heterocycles. The lowest BCUT2D eigenvalue weighted by molar-refractivity contribution is -0.0500. The minimum atomic E-state index is -2.89. The van der Waals surface area contributed by atoms with Crippen LogP contribution >= 0.6 is 0 Å². The number of hydrogen-bond acceptors (Lipinski definition) is 4. The van der Waals surface area contributed by atoms with E-state index >= 15 is 0 Å². The second-order valence-electron chi connectivity index (χ2n) is 5.91. The average molecular weight is 354 g/mol. The van der Waals surface area contributed by atoms with Crippen LogP contribution in [-0.4, -0.2) is 21.4 Å². The van der Waals surface area contributed by atoms with E-state index in [0.29, 0.717) is 17.2 Å². The maximum Gasteiger partial charge on any atom is 0.387 e. The molecule has 132 valence electrons. The van der Waals surface area contributed by atoms with E-state index < -0.39 is 6.61 Å². The number of allylic oxidation sites excluding steroid dienone is 1. The molecule has 1 unspecified atom stereocenters. The van der Waals surface area contributed by atoms with Crippen molar-refractivity contribution in [1.29, 1.82) is 0 Å². The normalized spacial score (nSPS) is 16.0. The highest BCUT2D eigenvalue weighted by Gasteiger charge is 2.25. The number of anilines is 1. The molecule has 0 fully saturated rings. The molecule has 5 nitrogen and oxygen atoms in total. The number of rotatable bonds is 4. The van der Waals surface area contributed by atoms with Crippen molar-refractivity contribution in [3.05, 3.63) is 77.6 Å². The summed E-state index contributed by atoms with van der Waals surface area (Å²) in [5.74, 6) is 0.653. The molecule has 3 aromatic rings. The number of ether oxygens (including phenoxy) is 1. The highest BCUT2D eigenvalue weighted by Crippen LogP contribution is 2.36. The van der Waals surface area contributed by atoms with Crippen LogP contribution in [0.25, 0.3) is 5.70 Å². The van der Waals surface area contributed by atoms with Crippen molar-refractivity contribution in [2.45, 2.75) is 19.6 Å². The van der Waals surface area contributed by atoms with Crippen LogP contribution in [0.4, 0.5) is 14.7 Å². The van der Waals surface area contributed by atoms with Crippen LogP contribution < -0.4 is 10.1 Å². The molecule has 0 bridgehead atoms. The third-order valence-electron chi connectivity index (χ3n) is 4.31. The molecular formula is C19H16F2N4O. The number of aryl methyl sites for hydroxylation is 1. The van der Waals surface area contributed by atoms with E-state index in [2.05, 4.69) is 20.1 Å². The van der Waals surface area contributed by atoms with Gasteiger partial charge < -0.3 is 10.1 Å². The Morgan fingerprint density at radius 3 is 2.69 bits per heavy atom. The zero-order valence-electron chi connectivity index (χ0n) is 13.9. The van der Waals surface area contributed by atoms with Crippen LogP contribution in [0.1, 0.15) is 22.7 Å². The van der Waals surface area contributed by atoms with Gasteiger partial charge in [0.2, 0.25) is 5.95 Å². The quantitative estimate of drug-likeness (QED) is 0.761. The molecule has 0 spiro atoms. The van der Waals surface area contributed by atoms with Crippen molar-refractivity contribution in [1.82, 2.24) is 14.8 Å². The number of aromatic nitrogens is 3. The number of alkyl halides is 2. The number of hydrogen-bond donors (Lipinski definition) is 1. The van der Waals surface area contributed by atoms with Gasteiger partial charge in [0.05, 0.1) is 5.70 Å². The van der Waals surface area contributed by atoms with Gasteiger partial charge >= 0.3 is 6.61 Å². The average Bonchev–Trinajstić information content (AvgIpc) is 3.10. The van der Waals surface area contributed by atoms with E-state index in [-0.39, 0.29) is 11.8 Å². The van der Waals surface area contributed by atoms with Gasteiger partial charge in [-0.15, -0.1) is 0 Å². The third-order valence-corrected chi connectivity index (χ3v) is 4.31. The number of nitrogens with zero attached hydrogens (tertiary/aromatic N) is 3. The Hall–Kier alpha value is -3.22. The summed E-state index contributed by atoms with van der Waals surface area (Å²) in [6.45, 7) is -0.869. The number of nitrogens with one attached hydrogen (secondary N) is 1. The zero-order valence-corrected chi connectivity index (χ0v) is 13.9. The summed E-state index contributed by atoms with van der Waals surface area (Å²) in [4.78, 5) is 4.24. The van der Waals surface area contributed by atoms with Gasteiger partial charge in [0.1, 0.15) is 18.1 Å². The summed E-state index contributed by atoms with van der Waals surface area (Å²) in [5, 5.41) is 7.45. The summed E-state index contributed by atoms with van der Waals surface area (Å²) in [6.07, 6.45) is 3.41. The molecule has 2 heterocycles. The Morgan fingerprint density at radius 1 is 1.12 bits per heavy atom. The standard InChI is InChI=1S/C19H16F2N4O/c1-12-6-2-3-7-13(12)16-10-15(24-19-22-11-23-25(16)19)14-8-4-5-9-17(14)26-18(20)21/h2-11,16,18H,1H3,(H,22,23,24). The zero-order chi connectivity index (χ0) is 18.1. The lowest BCUT2D eigenvalue weighted by atomic mass is 9.98. The molecule has 0 amide bonds. The number of halogens is 2. The minimum absolute atomic E-state index is 0.109. The molecule has 2 aromatic carbocycles. The molecule has 4 rings (SSSR count). The second-order valence-corrected chi connectivity index (χ2v) is 5.91. The summed E-state index contributed by atoms with van der Waals surface area (Å²) in [7, 11) is 0. The molecule has 0 saturated carbocycles. The van der Waals surface area contributed by atoms with Gasteiger partial charge in [-0.05, 0) is 36.3 Å². The van der Waals surface area contributed by atoms with Crippen molar-refractivity contribution >= 4 is 11.6 Å². The second kappa shape index (κ2) is 6.59. The van der Waals surface area contributed by atoms with Gasteiger partial charge in [-0.25, -0.2) is 4.68 Å². The van der Waals surface area contributed by atoms with Gasteiger partial charge in [0.25, 0.3) is 0 Å². The van der Waals surface area contributed by atoms with Gasteiger partial charge in [-0.3, -0.25) is 0 Å². The maximum absolute atomic E-state index is 12.8. The molecule has 7 heteroatoms. The van der Waals surface area contributed by atoms with E-state index in [4.69, 9.17) is 0 Å². The van der Waals surface area contributed by atoms with Crippen LogP contribution in [-0.2, 0) is 0 Å². The van der Waals surface area contributed by atoms with Gasteiger partial charge in [-0.1, -0.05) is 36.4 Å². The first-order valence-electron chi connectivity index (χ1n) is 8.11. The Bertz CT molecular complexity index is 967. The van der Waals surface area contributed by atoms with Crippen LogP contribution in [0, 0.1) is 6.92 Å². The molecule has 1 aliphatic rings. The Kier molecular flexibility index (Phi) is 4.12. The molecule has 0 radical (unpaired) electrons. The molecular weight excluding hydrogens is 338 g/mol. The number of para-hydroxylation sites is 1. The summed E-state index contributed by atoms with van der Waals surface area (Å²) >= 11 is 0. The molecule has 1 aromatic heterocycles. The largest absolute Gasteiger partial charge is 0.434 e. The molecule has 1 atom stereocenters. The van der Waals surface area contributed by atoms with E-state index in [1.54, 1.807) is 22.9 Å². The first-order chi connectivity index (χ1) is 12.6. The van der Waals surface area contributed by atoms with Crippen LogP contribution in [0.5, 0.6) is 5.75 Å².